The Morgan fingerprint density at radius 3 is 2.50 bits per heavy atom. The molecule has 0 bridgehead atoms. The Balaban J connectivity index is 2.46. The van der Waals surface area contributed by atoms with Crippen molar-refractivity contribution in [2.24, 2.45) is 0 Å². The van der Waals surface area contributed by atoms with Gasteiger partial charge in [-0.05, 0) is 37.3 Å². The average molecular weight is 277 g/mol. The van der Waals surface area contributed by atoms with E-state index in [2.05, 4.69) is 5.32 Å². The lowest BCUT2D eigenvalue weighted by atomic mass is 9.93. The van der Waals surface area contributed by atoms with E-state index < -0.39 is 5.97 Å². The normalized spacial score (nSPS) is 13.6. The highest BCUT2D eigenvalue weighted by molar-refractivity contribution is 5.77. The largest absolute Gasteiger partial charge is 0.481 e. The molecule has 4 nitrogen and oxygen atoms in total. The number of carboxylic acids is 1. The first kappa shape index (κ1) is 16.2. The van der Waals surface area contributed by atoms with Crippen LogP contribution in [0.3, 0.4) is 0 Å². The number of hydrogen-bond donors (Lipinski definition) is 2. The smallest absolute Gasteiger partial charge is 0.303 e. The summed E-state index contributed by atoms with van der Waals surface area (Å²) < 4.78 is 0. The van der Waals surface area contributed by atoms with Crippen LogP contribution in [0.1, 0.15) is 50.2 Å². The molecule has 0 aliphatic carbocycles. The maximum atomic E-state index is 11.9. The van der Waals surface area contributed by atoms with Crippen LogP contribution in [-0.2, 0) is 9.59 Å². The number of carbonyl (C=O) groups excluding carboxylic acids is 1. The van der Waals surface area contributed by atoms with E-state index in [-0.39, 0.29) is 24.3 Å². The number of aryl methyl sites for hydroxylation is 1. The molecule has 0 heterocycles. The Morgan fingerprint density at radius 1 is 1.25 bits per heavy atom. The van der Waals surface area contributed by atoms with Crippen LogP contribution in [-0.4, -0.2) is 23.0 Å². The van der Waals surface area contributed by atoms with Gasteiger partial charge in [-0.2, -0.15) is 0 Å². The molecule has 1 aromatic rings. The molecule has 0 spiro atoms. The van der Waals surface area contributed by atoms with Crippen molar-refractivity contribution in [3.8, 4) is 0 Å². The molecule has 0 aliphatic rings. The highest BCUT2D eigenvalue weighted by Crippen LogP contribution is 2.22. The van der Waals surface area contributed by atoms with Gasteiger partial charge >= 0.3 is 5.97 Å². The van der Waals surface area contributed by atoms with Gasteiger partial charge < -0.3 is 10.4 Å². The third-order valence-electron chi connectivity index (χ3n) is 3.41. The van der Waals surface area contributed by atoms with E-state index in [9.17, 15) is 9.59 Å². The number of nitrogens with one attached hydrogen (secondary N) is 1. The van der Waals surface area contributed by atoms with Crippen LogP contribution < -0.4 is 5.32 Å². The van der Waals surface area contributed by atoms with Gasteiger partial charge in [0.05, 0.1) is 0 Å². The number of carbonyl (C=O) groups is 2. The molecular formula is C16H23NO3. The van der Waals surface area contributed by atoms with Crippen LogP contribution in [0, 0.1) is 6.92 Å². The molecule has 0 saturated heterocycles. The molecule has 110 valence electrons. The number of carboxylic acid groups (broad SMARTS) is 1. The number of benzene rings is 1. The topological polar surface area (TPSA) is 66.4 Å². The number of aliphatic carboxylic acids is 1. The molecule has 4 heteroatoms. The lowest BCUT2D eigenvalue weighted by Gasteiger charge is -2.17. The Bertz CT molecular complexity index is 471. The van der Waals surface area contributed by atoms with Crippen molar-refractivity contribution in [2.45, 2.75) is 52.0 Å². The molecule has 0 aliphatic heterocycles. The first-order valence-electron chi connectivity index (χ1n) is 6.96. The molecule has 2 unspecified atom stereocenters. The monoisotopic (exact) mass is 277 g/mol. The lowest BCUT2D eigenvalue weighted by molar-refractivity contribution is -0.137. The van der Waals surface area contributed by atoms with E-state index in [1.165, 1.54) is 11.1 Å². The summed E-state index contributed by atoms with van der Waals surface area (Å²) in [4.78, 5) is 22.4. The van der Waals surface area contributed by atoms with Gasteiger partial charge in [0.15, 0.2) is 0 Å². The van der Waals surface area contributed by atoms with Crippen molar-refractivity contribution in [2.75, 3.05) is 0 Å². The van der Waals surface area contributed by atoms with Gasteiger partial charge in [0.25, 0.3) is 0 Å². The van der Waals surface area contributed by atoms with Crippen molar-refractivity contribution in [1.29, 1.82) is 0 Å². The lowest BCUT2D eigenvalue weighted by Crippen LogP contribution is -2.33. The number of rotatable bonds is 7. The van der Waals surface area contributed by atoms with Crippen LogP contribution in [0.4, 0.5) is 0 Å². The van der Waals surface area contributed by atoms with Gasteiger partial charge in [0.1, 0.15) is 0 Å². The van der Waals surface area contributed by atoms with Crippen molar-refractivity contribution >= 4 is 11.9 Å². The maximum absolute atomic E-state index is 11.9. The summed E-state index contributed by atoms with van der Waals surface area (Å²) in [7, 11) is 0. The Hall–Kier alpha value is -1.84. The van der Waals surface area contributed by atoms with Crippen LogP contribution in [0.25, 0.3) is 0 Å². The van der Waals surface area contributed by atoms with Crippen molar-refractivity contribution in [3.05, 3.63) is 35.4 Å². The van der Waals surface area contributed by atoms with Crippen molar-refractivity contribution < 1.29 is 14.7 Å². The first-order chi connectivity index (χ1) is 9.40. The van der Waals surface area contributed by atoms with Gasteiger partial charge in [-0.1, -0.05) is 31.2 Å². The van der Waals surface area contributed by atoms with Crippen LogP contribution in [0.15, 0.2) is 24.3 Å². The quantitative estimate of drug-likeness (QED) is 0.805. The molecule has 0 radical (unpaired) electrons. The summed E-state index contributed by atoms with van der Waals surface area (Å²) in [5, 5.41) is 11.5. The summed E-state index contributed by atoms with van der Waals surface area (Å²) in [5.74, 6) is -0.708. The summed E-state index contributed by atoms with van der Waals surface area (Å²) in [6.07, 6.45) is 0.955. The van der Waals surface area contributed by atoms with E-state index in [4.69, 9.17) is 5.11 Å². The predicted molar refractivity (Wildman–Crippen MR) is 78.7 cm³/mol. The molecule has 2 atom stereocenters. The Labute approximate surface area is 120 Å². The van der Waals surface area contributed by atoms with E-state index in [0.29, 0.717) is 12.8 Å². The van der Waals surface area contributed by atoms with Gasteiger partial charge in [-0.25, -0.2) is 0 Å². The fourth-order valence-electron chi connectivity index (χ4n) is 2.27. The van der Waals surface area contributed by atoms with E-state index in [1.54, 1.807) is 0 Å². The Kier molecular flexibility index (Phi) is 6.22. The molecule has 1 rings (SSSR count). The zero-order valence-corrected chi connectivity index (χ0v) is 12.3. The van der Waals surface area contributed by atoms with Crippen LogP contribution in [0.2, 0.25) is 0 Å². The van der Waals surface area contributed by atoms with Crippen molar-refractivity contribution in [1.82, 2.24) is 5.32 Å². The predicted octanol–water partition coefficient (Wildman–Crippen LogP) is 2.86. The van der Waals surface area contributed by atoms with E-state index in [0.717, 1.165) is 0 Å². The fourth-order valence-corrected chi connectivity index (χ4v) is 2.27. The molecule has 20 heavy (non-hydrogen) atoms. The zero-order chi connectivity index (χ0) is 15.1. The molecule has 1 amide bonds. The second kappa shape index (κ2) is 7.68. The third kappa shape index (κ3) is 5.43. The van der Waals surface area contributed by atoms with E-state index >= 15 is 0 Å². The minimum Gasteiger partial charge on any atom is -0.481 e. The van der Waals surface area contributed by atoms with Gasteiger partial charge in [0.2, 0.25) is 5.91 Å². The molecule has 0 aromatic heterocycles. The molecule has 2 N–H and O–H groups in total. The average Bonchev–Trinajstić information content (AvgIpc) is 2.36. The van der Waals surface area contributed by atoms with Crippen LogP contribution in [0.5, 0.6) is 0 Å². The number of hydrogen-bond acceptors (Lipinski definition) is 2. The van der Waals surface area contributed by atoms with Gasteiger partial charge in [-0.3, -0.25) is 9.59 Å². The van der Waals surface area contributed by atoms with Crippen LogP contribution >= 0.6 is 0 Å². The molecule has 0 fully saturated rings. The zero-order valence-electron chi connectivity index (χ0n) is 12.3. The summed E-state index contributed by atoms with van der Waals surface area (Å²) in [6.45, 7) is 5.91. The van der Waals surface area contributed by atoms with E-state index in [1.807, 2.05) is 45.0 Å². The van der Waals surface area contributed by atoms with Gasteiger partial charge in [-0.15, -0.1) is 0 Å². The third-order valence-corrected chi connectivity index (χ3v) is 3.41. The van der Waals surface area contributed by atoms with Gasteiger partial charge in [0, 0.05) is 18.9 Å². The molecule has 0 saturated carbocycles. The highest BCUT2D eigenvalue weighted by atomic mass is 16.4. The summed E-state index contributed by atoms with van der Waals surface area (Å²) >= 11 is 0. The first-order valence-corrected chi connectivity index (χ1v) is 6.96. The second-order valence-electron chi connectivity index (χ2n) is 5.36. The second-order valence-corrected chi connectivity index (χ2v) is 5.36. The standard InChI is InChI=1S/C16H23NO3/c1-11-6-4-5-7-14(11)12(2)10-15(18)17-13(3)8-9-16(19)20/h4-7,12-13H,8-10H2,1-3H3,(H,17,18)(H,19,20). The number of amides is 1. The maximum Gasteiger partial charge on any atom is 0.303 e. The molecule has 1 aromatic carbocycles. The minimum absolute atomic E-state index is 0.0290. The fraction of sp³-hybridized carbons (Fsp3) is 0.500. The Morgan fingerprint density at radius 2 is 1.90 bits per heavy atom. The summed E-state index contributed by atoms with van der Waals surface area (Å²) in [5.41, 5.74) is 2.37. The molecular weight excluding hydrogens is 254 g/mol. The highest BCUT2D eigenvalue weighted by Gasteiger charge is 2.15. The minimum atomic E-state index is -0.834. The van der Waals surface area contributed by atoms with Crippen molar-refractivity contribution in [3.63, 3.8) is 0 Å². The summed E-state index contributed by atoms with van der Waals surface area (Å²) in [6, 6.07) is 7.94. The SMILES string of the molecule is Cc1ccccc1C(C)CC(=O)NC(C)CCC(=O)O.